The molecule has 0 aliphatic heterocycles. The van der Waals surface area contributed by atoms with Crippen molar-refractivity contribution in [2.75, 3.05) is 6.54 Å². The van der Waals surface area contributed by atoms with Crippen LogP contribution in [0.3, 0.4) is 0 Å². The Morgan fingerprint density at radius 2 is 2.04 bits per heavy atom. The maximum Gasteiger partial charge on any atom is 0.123 e. The van der Waals surface area contributed by atoms with Crippen molar-refractivity contribution in [1.29, 1.82) is 0 Å². The molecule has 4 nitrogen and oxygen atoms in total. The number of benzene rings is 1. The van der Waals surface area contributed by atoms with Crippen molar-refractivity contribution in [1.82, 2.24) is 19.9 Å². The van der Waals surface area contributed by atoms with Crippen molar-refractivity contribution in [3.63, 3.8) is 0 Å². The Bertz CT molecular complexity index is 732. The molecular weight excluding hydrogens is 304 g/mol. The second-order valence-corrected chi connectivity index (χ2v) is 6.98. The Kier molecular flexibility index (Phi) is 5.20. The van der Waals surface area contributed by atoms with Gasteiger partial charge in [-0.25, -0.2) is 9.97 Å². The Balaban J connectivity index is 1.48. The largest absolute Gasteiger partial charge is 0.335 e. The van der Waals surface area contributed by atoms with Crippen LogP contribution in [0, 0.1) is 12.8 Å². The van der Waals surface area contributed by atoms with Crippen molar-refractivity contribution >= 4 is 11.3 Å². The monoisotopic (exact) mass is 326 g/mol. The summed E-state index contributed by atoms with van der Waals surface area (Å²) < 4.78 is 2.20. The van der Waals surface area contributed by atoms with Crippen LogP contribution in [0.15, 0.2) is 48.9 Å². The van der Waals surface area contributed by atoms with Crippen LogP contribution < -0.4 is 5.32 Å². The standard InChI is InChI=1S/C18H22N4S/c1-14(13-22-9-8-20-15(22)2)10-19-11-17-12-21-18(23-17)16-6-4-3-5-7-16/h3-9,12,14,19H,10-11,13H2,1-2H3. The fourth-order valence-electron chi connectivity index (χ4n) is 2.54. The summed E-state index contributed by atoms with van der Waals surface area (Å²) in [5.74, 6) is 1.64. The van der Waals surface area contributed by atoms with Gasteiger partial charge >= 0.3 is 0 Å². The van der Waals surface area contributed by atoms with E-state index in [2.05, 4.69) is 51.0 Å². The van der Waals surface area contributed by atoms with E-state index in [1.807, 2.05) is 31.6 Å². The first-order chi connectivity index (χ1) is 11.2. The molecule has 1 aromatic carbocycles. The predicted molar refractivity (Wildman–Crippen MR) is 95.4 cm³/mol. The van der Waals surface area contributed by atoms with Crippen LogP contribution in [0.25, 0.3) is 10.6 Å². The van der Waals surface area contributed by atoms with Crippen LogP contribution in [-0.4, -0.2) is 21.1 Å². The molecule has 2 heterocycles. The summed E-state index contributed by atoms with van der Waals surface area (Å²) in [6.07, 6.45) is 5.88. The SMILES string of the molecule is Cc1nccn1CC(C)CNCc1cnc(-c2ccccc2)s1. The number of nitrogens with one attached hydrogen (secondary N) is 1. The Morgan fingerprint density at radius 1 is 1.22 bits per heavy atom. The molecule has 3 aromatic rings. The third-order valence-electron chi connectivity index (χ3n) is 3.80. The van der Waals surface area contributed by atoms with Gasteiger partial charge in [-0.05, 0) is 19.4 Å². The van der Waals surface area contributed by atoms with Gasteiger partial charge in [0.05, 0.1) is 0 Å². The number of rotatable bonds is 7. The molecule has 0 amide bonds. The number of imidazole rings is 1. The van der Waals surface area contributed by atoms with E-state index in [1.54, 1.807) is 11.3 Å². The topological polar surface area (TPSA) is 42.7 Å². The van der Waals surface area contributed by atoms with Crippen molar-refractivity contribution in [3.05, 3.63) is 59.6 Å². The van der Waals surface area contributed by atoms with E-state index < -0.39 is 0 Å². The van der Waals surface area contributed by atoms with Crippen molar-refractivity contribution in [2.24, 2.45) is 5.92 Å². The summed E-state index contributed by atoms with van der Waals surface area (Å²) in [7, 11) is 0. The molecule has 1 atom stereocenters. The summed E-state index contributed by atoms with van der Waals surface area (Å²) in [4.78, 5) is 10.1. The smallest absolute Gasteiger partial charge is 0.123 e. The van der Waals surface area contributed by atoms with E-state index in [4.69, 9.17) is 0 Å². The van der Waals surface area contributed by atoms with Gasteiger partial charge in [0, 0.05) is 42.1 Å². The fraction of sp³-hybridized carbons (Fsp3) is 0.333. The molecule has 0 saturated heterocycles. The maximum atomic E-state index is 4.52. The van der Waals surface area contributed by atoms with Gasteiger partial charge < -0.3 is 9.88 Å². The molecule has 2 aromatic heterocycles. The lowest BCUT2D eigenvalue weighted by Gasteiger charge is -2.13. The van der Waals surface area contributed by atoms with E-state index in [0.717, 1.165) is 30.5 Å². The van der Waals surface area contributed by atoms with Gasteiger partial charge in [0.2, 0.25) is 0 Å². The first-order valence-electron chi connectivity index (χ1n) is 7.91. The molecule has 1 N–H and O–H groups in total. The lowest BCUT2D eigenvalue weighted by Crippen LogP contribution is -2.23. The van der Waals surface area contributed by atoms with E-state index in [-0.39, 0.29) is 0 Å². The zero-order valence-corrected chi connectivity index (χ0v) is 14.4. The minimum Gasteiger partial charge on any atom is -0.335 e. The number of hydrogen-bond donors (Lipinski definition) is 1. The van der Waals surface area contributed by atoms with Crippen molar-refractivity contribution in [2.45, 2.75) is 26.9 Å². The highest BCUT2D eigenvalue weighted by atomic mass is 32.1. The highest BCUT2D eigenvalue weighted by Crippen LogP contribution is 2.24. The first-order valence-corrected chi connectivity index (χ1v) is 8.72. The first kappa shape index (κ1) is 15.9. The Morgan fingerprint density at radius 3 is 2.78 bits per heavy atom. The third-order valence-corrected chi connectivity index (χ3v) is 4.84. The quantitative estimate of drug-likeness (QED) is 0.719. The summed E-state index contributed by atoms with van der Waals surface area (Å²) in [6, 6.07) is 10.3. The molecule has 1 unspecified atom stereocenters. The lowest BCUT2D eigenvalue weighted by molar-refractivity contribution is 0.441. The van der Waals surface area contributed by atoms with Crippen molar-refractivity contribution in [3.8, 4) is 10.6 Å². The maximum absolute atomic E-state index is 4.52. The van der Waals surface area contributed by atoms with Crippen molar-refractivity contribution < 1.29 is 0 Å². The van der Waals surface area contributed by atoms with E-state index in [0.29, 0.717) is 5.92 Å². The summed E-state index contributed by atoms with van der Waals surface area (Å²) >= 11 is 1.76. The van der Waals surface area contributed by atoms with Gasteiger partial charge in [-0.15, -0.1) is 11.3 Å². The second-order valence-electron chi connectivity index (χ2n) is 5.86. The molecule has 0 saturated carbocycles. The van der Waals surface area contributed by atoms with Gasteiger partial charge in [-0.2, -0.15) is 0 Å². The molecule has 0 aliphatic rings. The summed E-state index contributed by atoms with van der Waals surface area (Å²) in [5, 5.41) is 4.62. The number of thiazole rings is 1. The van der Waals surface area contributed by atoms with Crippen LogP contribution in [0.5, 0.6) is 0 Å². The molecule has 120 valence electrons. The Hall–Kier alpha value is -1.98. The Labute approximate surface area is 141 Å². The highest BCUT2D eigenvalue weighted by Gasteiger charge is 2.07. The number of nitrogens with zero attached hydrogens (tertiary/aromatic N) is 3. The number of aryl methyl sites for hydroxylation is 1. The van der Waals surface area contributed by atoms with Gasteiger partial charge in [-0.3, -0.25) is 0 Å². The lowest BCUT2D eigenvalue weighted by atomic mass is 10.2. The van der Waals surface area contributed by atoms with Gasteiger partial charge in [0.15, 0.2) is 0 Å². The van der Waals surface area contributed by atoms with Gasteiger partial charge in [0.25, 0.3) is 0 Å². The van der Waals surface area contributed by atoms with Crippen LogP contribution >= 0.6 is 11.3 Å². The average molecular weight is 326 g/mol. The minimum atomic E-state index is 0.560. The molecule has 5 heteroatoms. The normalized spacial score (nSPS) is 12.4. The van der Waals surface area contributed by atoms with E-state index in [9.17, 15) is 0 Å². The number of hydrogen-bond acceptors (Lipinski definition) is 4. The van der Waals surface area contributed by atoms with Gasteiger partial charge in [-0.1, -0.05) is 37.3 Å². The molecule has 0 aliphatic carbocycles. The third kappa shape index (κ3) is 4.27. The van der Waals surface area contributed by atoms with E-state index in [1.165, 1.54) is 10.4 Å². The van der Waals surface area contributed by atoms with Gasteiger partial charge in [0.1, 0.15) is 10.8 Å². The minimum absolute atomic E-state index is 0.560. The number of aromatic nitrogens is 3. The predicted octanol–water partition coefficient (Wildman–Crippen LogP) is 3.74. The molecule has 0 radical (unpaired) electrons. The average Bonchev–Trinajstić information content (AvgIpc) is 3.18. The van der Waals surface area contributed by atoms with Crippen LogP contribution in [0.1, 0.15) is 17.6 Å². The molecule has 0 spiro atoms. The van der Waals surface area contributed by atoms with Crippen LogP contribution in [0.2, 0.25) is 0 Å². The molecular formula is C18H22N4S. The van der Waals surface area contributed by atoms with Crippen LogP contribution in [0.4, 0.5) is 0 Å². The molecule has 0 fully saturated rings. The summed E-state index contributed by atoms with van der Waals surface area (Å²) in [6.45, 7) is 7.15. The zero-order chi connectivity index (χ0) is 16.1. The summed E-state index contributed by atoms with van der Waals surface area (Å²) in [5.41, 5.74) is 1.19. The zero-order valence-electron chi connectivity index (χ0n) is 13.6. The van der Waals surface area contributed by atoms with Crippen LogP contribution in [-0.2, 0) is 13.1 Å². The molecule has 23 heavy (non-hydrogen) atoms. The molecule has 3 rings (SSSR count). The highest BCUT2D eigenvalue weighted by molar-refractivity contribution is 7.15. The fourth-order valence-corrected chi connectivity index (χ4v) is 3.43. The second kappa shape index (κ2) is 7.53. The van der Waals surface area contributed by atoms with E-state index >= 15 is 0 Å². The molecule has 0 bridgehead atoms.